The van der Waals surface area contributed by atoms with Crippen LogP contribution in [0.3, 0.4) is 0 Å². The fraction of sp³-hybridized carbons (Fsp3) is 0.125. The van der Waals surface area contributed by atoms with Crippen LogP contribution in [0.15, 0.2) is 77.6 Å². The highest BCUT2D eigenvalue weighted by Crippen LogP contribution is 2.25. The molecule has 1 N–H and O–H groups in total. The zero-order valence-electron chi connectivity index (χ0n) is 16.8. The minimum absolute atomic E-state index is 0.215. The van der Waals surface area contributed by atoms with E-state index in [-0.39, 0.29) is 36.1 Å². The molecule has 6 nitrogen and oxygen atoms in total. The summed E-state index contributed by atoms with van der Waals surface area (Å²) in [5, 5.41) is 2.75. The van der Waals surface area contributed by atoms with Crippen molar-refractivity contribution in [2.24, 2.45) is 0 Å². The second kappa shape index (κ2) is 8.79. The first-order valence-corrected chi connectivity index (χ1v) is 9.78. The fourth-order valence-corrected chi connectivity index (χ4v) is 3.36. The smallest absolute Gasteiger partial charge is 0.277 e. The summed E-state index contributed by atoms with van der Waals surface area (Å²) in [4.78, 5) is 29.6. The average molecular weight is 417 g/mol. The molecule has 0 saturated heterocycles. The zero-order chi connectivity index (χ0) is 21.8. The van der Waals surface area contributed by atoms with Crippen molar-refractivity contribution in [1.82, 2.24) is 9.55 Å². The molecular weight excluding hydrogens is 397 g/mol. The second-order valence-electron chi connectivity index (χ2n) is 6.94. The Morgan fingerprint density at radius 2 is 1.74 bits per heavy atom. The van der Waals surface area contributed by atoms with Gasteiger partial charge in [-0.2, -0.15) is 0 Å². The average Bonchev–Trinajstić information content (AvgIpc) is 2.76. The molecule has 1 heterocycles. The number of aromatic nitrogens is 2. The fourth-order valence-electron chi connectivity index (χ4n) is 3.36. The number of carbonyl (C=O) groups is 1. The van der Waals surface area contributed by atoms with E-state index in [1.807, 2.05) is 24.3 Å². The van der Waals surface area contributed by atoms with E-state index in [0.717, 1.165) is 0 Å². The number of para-hydroxylation sites is 3. The van der Waals surface area contributed by atoms with E-state index in [1.165, 1.54) is 31.2 Å². The molecule has 156 valence electrons. The number of carbonyl (C=O) groups excluding carboxylic acids is 1. The Morgan fingerprint density at radius 3 is 2.52 bits per heavy atom. The Bertz CT molecular complexity index is 1300. The van der Waals surface area contributed by atoms with E-state index < -0.39 is 0 Å². The molecule has 4 rings (SSSR count). The maximum Gasteiger partial charge on any atom is 0.277 e. The molecule has 0 saturated carbocycles. The van der Waals surface area contributed by atoms with Crippen molar-refractivity contribution in [2.75, 3.05) is 11.9 Å². The SMILES string of the molecule is CC(=O)Nc1ccccc1-c1nc2ccccc2n(CCOc2ccc(F)cc2)c1=O. The molecule has 0 radical (unpaired) electrons. The van der Waals surface area contributed by atoms with Crippen molar-refractivity contribution in [3.63, 3.8) is 0 Å². The van der Waals surface area contributed by atoms with Gasteiger partial charge in [-0.3, -0.25) is 9.59 Å². The van der Waals surface area contributed by atoms with Gasteiger partial charge in [-0.25, -0.2) is 9.37 Å². The van der Waals surface area contributed by atoms with E-state index in [0.29, 0.717) is 28.0 Å². The summed E-state index contributed by atoms with van der Waals surface area (Å²) in [7, 11) is 0. The molecule has 4 aromatic rings. The van der Waals surface area contributed by atoms with Crippen molar-refractivity contribution < 1.29 is 13.9 Å². The van der Waals surface area contributed by atoms with Crippen LogP contribution in [0, 0.1) is 5.82 Å². The Morgan fingerprint density at radius 1 is 1.03 bits per heavy atom. The third-order valence-corrected chi connectivity index (χ3v) is 4.74. The van der Waals surface area contributed by atoms with Gasteiger partial charge in [0.25, 0.3) is 5.56 Å². The normalized spacial score (nSPS) is 10.8. The zero-order valence-corrected chi connectivity index (χ0v) is 16.8. The van der Waals surface area contributed by atoms with Crippen LogP contribution in [0.1, 0.15) is 6.92 Å². The number of benzene rings is 3. The summed E-state index contributed by atoms with van der Waals surface area (Å²) in [6, 6.07) is 20.1. The minimum atomic E-state index is -0.342. The molecule has 0 aliphatic heterocycles. The lowest BCUT2D eigenvalue weighted by Crippen LogP contribution is -2.26. The van der Waals surface area contributed by atoms with E-state index >= 15 is 0 Å². The summed E-state index contributed by atoms with van der Waals surface area (Å²) >= 11 is 0. The molecule has 1 amide bonds. The largest absolute Gasteiger partial charge is 0.492 e. The number of rotatable bonds is 6. The maximum atomic E-state index is 13.4. The number of hydrogen-bond acceptors (Lipinski definition) is 4. The Balaban J connectivity index is 1.74. The second-order valence-corrected chi connectivity index (χ2v) is 6.94. The molecular formula is C24H20FN3O3. The van der Waals surface area contributed by atoms with Crippen molar-refractivity contribution in [3.8, 4) is 17.0 Å². The molecule has 0 spiro atoms. The first-order chi connectivity index (χ1) is 15.0. The number of halogens is 1. The van der Waals surface area contributed by atoms with Crippen molar-refractivity contribution in [1.29, 1.82) is 0 Å². The van der Waals surface area contributed by atoms with E-state index in [2.05, 4.69) is 10.3 Å². The van der Waals surface area contributed by atoms with Crippen LogP contribution in [0.4, 0.5) is 10.1 Å². The van der Waals surface area contributed by atoms with Crippen molar-refractivity contribution in [2.45, 2.75) is 13.5 Å². The Kier molecular flexibility index (Phi) is 5.75. The predicted octanol–water partition coefficient (Wildman–Crippen LogP) is 4.24. The van der Waals surface area contributed by atoms with E-state index in [9.17, 15) is 14.0 Å². The third-order valence-electron chi connectivity index (χ3n) is 4.74. The van der Waals surface area contributed by atoms with E-state index in [1.54, 1.807) is 28.8 Å². The molecule has 0 aliphatic rings. The summed E-state index contributed by atoms with van der Waals surface area (Å²) in [6.45, 7) is 1.90. The number of fused-ring (bicyclic) bond motifs is 1. The van der Waals surface area contributed by atoms with E-state index in [4.69, 9.17) is 4.74 Å². The highest BCUT2D eigenvalue weighted by atomic mass is 19.1. The number of nitrogens with one attached hydrogen (secondary N) is 1. The van der Waals surface area contributed by atoms with Gasteiger partial charge in [0, 0.05) is 12.5 Å². The first-order valence-electron chi connectivity index (χ1n) is 9.78. The minimum Gasteiger partial charge on any atom is -0.492 e. The summed E-state index contributed by atoms with van der Waals surface area (Å²) in [5.74, 6) is -0.0588. The number of ether oxygens (including phenoxy) is 1. The lowest BCUT2D eigenvalue weighted by atomic mass is 10.1. The summed E-state index contributed by atoms with van der Waals surface area (Å²) in [6.07, 6.45) is 0. The molecule has 3 aromatic carbocycles. The van der Waals surface area contributed by atoms with Gasteiger partial charge in [-0.15, -0.1) is 0 Å². The maximum absolute atomic E-state index is 13.4. The molecule has 0 unspecified atom stereocenters. The summed E-state index contributed by atoms with van der Waals surface area (Å²) in [5.41, 5.74) is 2.34. The van der Waals surface area contributed by atoms with Crippen LogP contribution in [0.2, 0.25) is 0 Å². The molecule has 31 heavy (non-hydrogen) atoms. The lowest BCUT2D eigenvalue weighted by Gasteiger charge is -2.15. The van der Waals surface area contributed by atoms with Crippen LogP contribution < -0.4 is 15.6 Å². The van der Waals surface area contributed by atoms with Crippen LogP contribution in [-0.4, -0.2) is 22.1 Å². The topological polar surface area (TPSA) is 73.2 Å². The van der Waals surface area contributed by atoms with Gasteiger partial charge >= 0.3 is 0 Å². The van der Waals surface area contributed by atoms with Crippen LogP contribution in [0.5, 0.6) is 5.75 Å². The quantitative estimate of drug-likeness (QED) is 0.509. The van der Waals surface area contributed by atoms with Gasteiger partial charge < -0.3 is 14.6 Å². The highest BCUT2D eigenvalue weighted by molar-refractivity contribution is 5.94. The molecule has 1 aromatic heterocycles. The number of anilines is 1. The summed E-state index contributed by atoms with van der Waals surface area (Å²) < 4.78 is 20.4. The van der Waals surface area contributed by atoms with Crippen LogP contribution >= 0.6 is 0 Å². The van der Waals surface area contributed by atoms with Gasteiger partial charge in [0.2, 0.25) is 5.91 Å². The number of hydrogen-bond donors (Lipinski definition) is 1. The molecule has 0 bridgehead atoms. The standard InChI is InChI=1S/C24H20FN3O3/c1-16(29)26-20-7-3-2-6-19(20)23-24(30)28(22-9-5-4-8-21(22)27-23)14-15-31-18-12-10-17(25)11-13-18/h2-13H,14-15H2,1H3,(H,26,29). The van der Waals surface area contributed by atoms with Gasteiger partial charge in [-0.05, 0) is 42.5 Å². The van der Waals surface area contributed by atoms with Gasteiger partial charge in [0.1, 0.15) is 23.9 Å². The number of nitrogens with zero attached hydrogens (tertiary/aromatic N) is 2. The third kappa shape index (κ3) is 4.45. The highest BCUT2D eigenvalue weighted by Gasteiger charge is 2.16. The Hall–Kier alpha value is -4.00. The van der Waals surface area contributed by atoms with Crippen LogP contribution in [0.25, 0.3) is 22.3 Å². The van der Waals surface area contributed by atoms with Gasteiger partial charge in [-0.1, -0.05) is 30.3 Å². The predicted molar refractivity (Wildman–Crippen MR) is 118 cm³/mol. The number of amides is 1. The molecule has 0 fully saturated rings. The first kappa shape index (κ1) is 20.3. The monoisotopic (exact) mass is 417 g/mol. The van der Waals surface area contributed by atoms with Gasteiger partial charge in [0.05, 0.1) is 23.3 Å². The van der Waals surface area contributed by atoms with Crippen LogP contribution in [-0.2, 0) is 11.3 Å². The van der Waals surface area contributed by atoms with Crippen molar-refractivity contribution >= 4 is 22.6 Å². The van der Waals surface area contributed by atoms with Crippen molar-refractivity contribution in [3.05, 3.63) is 89.0 Å². The molecule has 7 heteroatoms. The molecule has 0 aliphatic carbocycles. The Labute approximate surface area is 177 Å². The van der Waals surface area contributed by atoms with Gasteiger partial charge in [0.15, 0.2) is 0 Å². The lowest BCUT2D eigenvalue weighted by molar-refractivity contribution is -0.114. The molecule has 0 atom stereocenters.